The zero-order valence-corrected chi connectivity index (χ0v) is 10.4. The van der Waals surface area contributed by atoms with Gasteiger partial charge in [-0.15, -0.1) is 0 Å². The Hall–Kier alpha value is -1.20. The van der Waals surface area contributed by atoms with Gasteiger partial charge in [0.2, 0.25) is 5.91 Å². The molecule has 2 heterocycles. The van der Waals surface area contributed by atoms with Gasteiger partial charge in [0, 0.05) is 13.1 Å². The largest absolute Gasteiger partial charge is 0.354 e. The first-order chi connectivity index (χ1) is 8.08. The van der Waals surface area contributed by atoms with E-state index in [9.17, 15) is 9.59 Å². The van der Waals surface area contributed by atoms with Crippen molar-refractivity contribution in [2.45, 2.75) is 6.42 Å². The highest BCUT2D eigenvalue weighted by atomic mass is 35.5. The first kappa shape index (κ1) is 12.3. The van der Waals surface area contributed by atoms with Crippen molar-refractivity contribution in [1.82, 2.24) is 15.2 Å². The van der Waals surface area contributed by atoms with Crippen LogP contribution >= 0.6 is 23.2 Å². The van der Waals surface area contributed by atoms with Crippen LogP contribution in [0.3, 0.4) is 0 Å². The van der Waals surface area contributed by atoms with E-state index in [1.54, 1.807) is 0 Å². The van der Waals surface area contributed by atoms with Gasteiger partial charge < -0.3 is 15.2 Å². The van der Waals surface area contributed by atoms with Crippen LogP contribution in [-0.2, 0) is 4.79 Å². The molecule has 0 aliphatic carbocycles. The Morgan fingerprint density at radius 2 is 2.18 bits per heavy atom. The number of carbonyl (C=O) groups excluding carboxylic acids is 2. The van der Waals surface area contributed by atoms with Crippen molar-refractivity contribution in [3.05, 3.63) is 21.9 Å². The van der Waals surface area contributed by atoms with Gasteiger partial charge in [0.05, 0.1) is 11.6 Å². The molecule has 0 bridgehead atoms. The lowest BCUT2D eigenvalue weighted by molar-refractivity contribution is -0.121. The van der Waals surface area contributed by atoms with Crippen LogP contribution in [0.2, 0.25) is 10.2 Å². The molecule has 5 nitrogen and oxygen atoms in total. The van der Waals surface area contributed by atoms with Crippen LogP contribution < -0.4 is 5.32 Å². The lowest BCUT2D eigenvalue weighted by Crippen LogP contribution is -2.37. The van der Waals surface area contributed by atoms with E-state index < -0.39 is 0 Å². The minimum atomic E-state index is -0.268. The zero-order valence-electron chi connectivity index (χ0n) is 8.93. The van der Waals surface area contributed by atoms with Crippen molar-refractivity contribution < 1.29 is 9.59 Å². The number of rotatable bonds is 1. The summed E-state index contributed by atoms with van der Waals surface area (Å²) in [6.07, 6.45) is 0.736. The van der Waals surface area contributed by atoms with Crippen molar-refractivity contribution in [2.24, 2.45) is 0 Å². The van der Waals surface area contributed by atoms with E-state index in [1.807, 2.05) is 0 Å². The molecule has 17 heavy (non-hydrogen) atoms. The van der Waals surface area contributed by atoms with E-state index in [0.29, 0.717) is 23.8 Å². The number of nitrogens with zero attached hydrogens (tertiary/aromatic N) is 1. The number of aromatic nitrogens is 1. The maximum Gasteiger partial charge on any atom is 0.270 e. The summed E-state index contributed by atoms with van der Waals surface area (Å²) in [5.74, 6) is -0.421. The minimum absolute atomic E-state index is 0.0626. The highest BCUT2D eigenvalue weighted by Crippen LogP contribution is 2.22. The Labute approximate surface area is 108 Å². The molecule has 1 aromatic heterocycles. The predicted molar refractivity (Wildman–Crippen MR) is 64.3 cm³/mol. The van der Waals surface area contributed by atoms with Crippen LogP contribution in [0.5, 0.6) is 0 Å². The van der Waals surface area contributed by atoms with Crippen LogP contribution in [0.1, 0.15) is 16.9 Å². The summed E-state index contributed by atoms with van der Waals surface area (Å²) in [6.45, 7) is 1.19. The third-order valence-electron chi connectivity index (χ3n) is 2.50. The second-order valence-electron chi connectivity index (χ2n) is 3.78. The van der Waals surface area contributed by atoms with E-state index in [0.717, 1.165) is 6.42 Å². The summed E-state index contributed by atoms with van der Waals surface area (Å²) in [6, 6.07) is 1.47. The van der Waals surface area contributed by atoms with Crippen LogP contribution in [-0.4, -0.2) is 41.3 Å². The molecule has 2 amide bonds. The molecule has 1 saturated heterocycles. The monoisotopic (exact) mass is 275 g/mol. The Morgan fingerprint density at radius 3 is 2.82 bits per heavy atom. The zero-order chi connectivity index (χ0) is 12.4. The highest BCUT2D eigenvalue weighted by molar-refractivity contribution is 6.41. The number of aromatic amines is 1. The Balaban J connectivity index is 2.15. The summed E-state index contributed by atoms with van der Waals surface area (Å²) in [5.41, 5.74) is 0.301. The van der Waals surface area contributed by atoms with Gasteiger partial charge in [0.1, 0.15) is 10.8 Å². The van der Waals surface area contributed by atoms with Gasteiger partial charge in [-0.25, -0.2) is 0 Å². The van der Waals surface area contributed by atoms with Crippen LogP contribution in [0.25, 0.3) is 0 Å². The van der Waals surface area contributed by atoms with Gasteiger partial charge in [0.25, 0.3) is 5.91 Å². The molecule has 0 spiro atoms. The minimum Gasteiger partial charge on any atom is -0.354 e. The van der Waals surface area contributed by atoms with E-state index in [2.05, 4.69) is 10.3 Å². The fourth-order valence-corrected chi connectivity index (χ4v) is 1.98. The molecule has 92 valence electrons. The molecule has 2 N–H and O–H groups in total. The van der Waals surface area contributed by atoms with E-state index in [-0.39, 0.29) is 23.5 Å². The van der Waals surface area contributed by atoms with Crippen LogP contribution in [0, 0.1) is 0 Å². The molecule has 0 atom stereocenters. The van der Waals surface area contributed by atoms with Gasteiger partial charge in [-0.05, 0) is 12.5 Å². The summed E-state index contributed by atoms with van der Waals surface area (Å²) in [7, 11) is 0. The van der Waals surface area contributed by atoms with Gasteiger partial charge in [-0.1, -0.05) is 23.2 Å². The van der Waals surface area contributed by atoms with Crippen molar-refractivity contribution in [3.63, 3.8) is 0 Å². The Kier molecular flexibility index (Phi) is 3.59. The highest BCUT2D eigenvalue weighted by Gasteiger charge is 2.22. The molecule has 0 unspecified atom stereocenters. The molecular formula is C10H11Cl2N3O2. The van der Waals surface area contributed by atoms with Gasteiger partial charge in [0.15, 0.2) is 0 Å². The predicted octanol–water partition coefficient (Wildman–Crippen LogP) is 1.28. The van der Waals surface area contributed by atoms with E-state index in [1.165, 1.54) is 11.0 Å². The fourth-order valence-electron chi connectivity index (χ4n) is 1.67. The summed E-state index contributed by atoms with van der Waals surface area (Å²) >= 11 is 11.5. The molecule has 1 aliphatic heterocycles. The standard InChI is InChI=1S/C10H11Cl2N3O2/c11-6-4-7(14-9(6)12)10(17)15-3-1-2-13-8(16)5-15/h4,14H,1-3,5H2,(H,13,16). The first-order valence-corrected chi connectivity index (χ1v) is 5.93. The van der Waals surface area contributed by atoms with Crippen LogP contribution in [0.4, 0.5) is 0 Å². The number of carbonyl (C=O) groups is 2. The maximum atomic E-state index is 12.1. The number of nitrogens with one attached hydrogen (secondary N) is 2. The van der Waals surface area contributed by atoms with Crippen molar-refractivity contribution in [3.8, 4) is 0 Å². The van der Waals surface area contributed by atoms with E-state index >= 15 is 0 Å². The normalized spacial score (nSPS) is 16.6. The second kappa shape index (κ2) is 4.98. The summed E-state index contributed by atoms with van der Waals surface area (Å²) in [5, 5.41) is 3.23. The SMILES string of the molecule is O=C1CN(C(=O)c2cc(Cl)c(Cl)[nH]2)CCCN1. The molecule has 1 aromatic rings. The first-order valence-electron chi connectivity index (χ1n) is 5.18. The topological polar surface area (TPSA) is 65.2 Å². The molecule has 0 saturated carbocycles. The third kappa shape index (κ3) is 2.73. The Bertz CT molecular complexity index is 439. The smallest absolute Gasteiger partial charge is 0.270 e. The molecule has 1 fully saturated rings. The lowest BCUT2D eigenvalue weighted by Gasteiger charge is -2.17. The van der Waals surface area contributed by atoms with Crippen molar-refractivity contribution >= 4 is 35.0 Å². The number of H-pyrrole nitrogens is 1. The second-order valence-corrected chi connectivity index (χ2v) is 4.56. The quantitative estimate of drug-likeness (QED) is 0.811. The fraction of sp³-hybridized carbons (Fsp3) is 0.400. The molecule has 2 rings (SSSR count). The van der Waals surface area contributed by atoms with Crippen molar-refractivity contribution in [1.29, 1.82) is 0 Å². The molecule has 7 heteroatoms. The number of amides is 2. The Morgan fingerprint density at radius 1 is 1.41 bits per heavy atom. The molecule has 1 aliphatic rings. The average molecular weight is 276 g/mol. The number of hydrogen-bond donors (Lipinski definition) is 2. The van der Waals surface area contributed by atoms with Crippen molar-refractivity contribution in [2.75, 3.05) is 19.6 Å². The van der Waals surface area contributed by atoms with Gasteiger partial charge >= 0.3 is 0 Å². The maximum absolute atomic E-state index is 12.1. The number of halogens is 2. The average Bonchev–Trinajstić information content (AvgIpc) is 2.51. The molecule has 0 aromatic carbocycles. The third-order valence-corrected chi connectivity index (χ3v) is 3.20. The summed E-state index contributed by atoms with van der Waals surface area (Å²) in [4.78, 5) is 27.6. The lowest BCUT2D eigenvalue weighted by atomic mass is 10.3. The van der Waals surface area contributed by atoms with Crippen LogP contribution in [0.15, 0.2) is 6.07 Å². The number of hydrogen-bond acceptors (Lipinski definition) is 2. The molecular weight excluding hydrogens is 265 g/mol. The molecule has 0 radical (unpaired) electrons. The van der Waals surface area contributed by atoms with E-state index in [4.69, 9.17) is 23.2 Å². The summed E-state index contributed by atoms with van der Waals surface area (Å²) < 4.78 is 0. The van der Waals surface area contributed by atoms with Gasteiger partial charge in [-0.2, -0.15) is 0 Å². The van der Waals surface area contributed by atoms with Gasteiger partial charge in [-0.3, -0.25) is 9.59 Å².